The summed E-state index contributed by atoms with van der Waals surface area (Å²) in [4.78, 5) is 10.8. The fourth-order valence-electron chi connectivity index (χ4n) is 0.692. The van der Waals surface area contributed by atoms with Crippen LogP contribution in [0.5, 0.6) is 5.75 Å². The maximum Gasteiger partial charge on any atom is 0.310 e. The number of benzene rings is 1. The highest BCUT2D eigenvalue weighted by Crippen LogP contribution is 2.08. The van der Waals surface area contributed by atoms with Crippen LogP contribution in [0.3, 0.4) is 0 Å². The van der Waals surface area contributed by atoms with Gasteiger partial charge in [0, 0.05) is 6.42 Å². The van der Waals surface area contributed by atoms with Crippen molar-refractivity contribution in [2.75, 3.05) is 0 Å². The van der Waals surface area contributed by atoms with Crippen LogP contribution in [-0.2, 0) is 4.79 Å². The van der Waals surface area contributed by atoms with Gasteiger partial charge in [0.15, 0.2) is 0 Å². The summed E-state index contributed by atoms with van der Waals surface area (Å²) in [6.07, 6.45) is 0.412. The second-order valence-corrected chi connectivity index (χ2v) is 2.14. The monoisotopic (exact) mass is 186 g/mol. The molecule has 0 aromatic heterocycles. The van der Waals surface area contributed by atoms with Crippen LogP contribution in [0.1, 0.15) is 13.3 Å². The zero-order valence-electron chi connectivity index (χ0n) is 7.41. The van der Waals surface area contributed by atoms with Gasteiger partial charge >= 0.3 is 5.97 Å². The molecular weight excluding hydrogens is 172 g/mol. The lowest BCUT2D eigenvalue weighted by atomic mass is 10.3. The average molecular weight is 186 g/mol. The van der Waals surface area contributed by atoms with Gasteiger partial charge in [-0.15, -0.1) is 0 Å². The van der Waals surface area contributed by atoms with Crippen LogP contribution in [0.4, 0.5) is 0 Å². The van der Waals surface area contributed by atoms with Crippen molar-refractivity contribution in [2.24, 2.45) is 0 Å². The fourth-order valence-corrected chi connectivity index (χ4v) is 0.692. The maximum atomic E-state index is 10.8. The first-order chi connectivity index (χ1) is 5.33. The molecule has 1 aromatic rings. The largest absolute Gasteiger partial charge is 0.427 e. The second kappa shape index (κ2) is 7.27. The summed E-state index contributed by atoms with van der Waals surface area (Å²) in [5.41, 5.74) is 0. The number of carbonyl (C=O) groups is 1. The van der Waals surface area contributed by atoms with Crippen LogP contribution in [0.2, 0.25) is 0 Å². The summed E-state index contributed by atoms with van der Waals surface area (Å²) < 4.78 is 4.92. The van der Waals surface area contributed by atoms with E-state index in [9.17, 15) is 4.79 Å². The molecule has 74 valence electrons. The van der Waals surface area contributed by atoms with Crippen molar-refractivity contribution in [3.05, 3.63) is 30.3 Å². The minimum Gasteiger partial charge on any atom is -0.427 e. The summed E-state index contributed by atoms with van der Waals surface area (Å²) in [5.74, 6) is 0.413. The molecule has 0 aliphatic rings. The molecule has 0 saturated carbocycles. The van der Waals surface area contributed by atoms with Gasteiger partial charge in [0.05, 0.1) is 0 Å². The third kappa shape index (κ3) is 4.95. The summed E-state index contributed by atoms with van der Waals surface area (Å²) >= 11 is 0. The van der Waals surface area contributed by atoms with Crippen molar-refractivity contribution in [2.45, 2.75) is 13.3 Å². The lowest BCUT2D eigenvalue weighted by molar-refractivity contribution is -0.134. The molecule has 0 spiro atoms. The van der Waals surface area contributed by atoms with Gasteiger partial charge in [0.2, 0.25) is 0 Å². The molecule has 0 unspecified atom stereocenters. The molecule has 0 amide bonds. The molecule has 0 fully saturated rings. The Bertz CT molecular complexity index is 233. The van der Waals surface area contributed by atoms with Crippen molar-refractivity contribution >= 4 is 5.97 Å². The van der Waals surface area contributed by atoms with Gasteiger partial charge in [0.25, 0.3) is 0 Å². The first-order valence-corrected chi connectivity index (χ1v) is 3.58. The highest BCUT2D eigenvalue weighted by Gasteiger charge is 1.98. The topological polar surface area (TPSA) is 89.3 Å². The van der Waals surface area contributed by atoms with E-state index in [-0.39, 0.29) is 16.9 Å². The summed E-state index contributed by atoms with van der Waals surface area (Å²) in [5, 5.41) is 0. The number of rotatable bonds is 2. The van der Waals surface area contributed by atoms with Crippen LogP contribution in [0.25, 0.3) is 0 Å². The molecule has 0 radical (unpaired) electrons. The smallest absolute Gasteiger partial charge is 0.310 e. The Morgan fingerprint density at radius 1 is 1.23 bits per heavy atom. The number of ether oxygens (including phenoxy) is 1. The first-order valence-electron chi connectivity index (χ1n) is 3.58. The van der Waals surface area contributed by atoms with E-state index in [1.165, 1.54) is 0 Å². The molecule has 4 heteroatoms. The van der Waals surface area contributed by atoms with Crippen molar-refractivity contribution < 1.29 is 20.5 Å². The molecule has 0 atom stereocenters. The lowest BCUT2D eigenvalue weighted by Crippen LogP contribution is -2.04. The number of hydrogen-bond donors (Lipinski definition) is 0. The number of esters is 1. The van der Waals surface area contributed by atoms with E-state index in [1.807, 2.05) is 18.2 Å². The van der Waals surface area contributed by atoms with Gasteiger partial charge in [0.1, 0.15) is 5.75 Å². The van der Waals surface area contributed by atoms with Crippen molar-refractivity contribution in [1.29, 1.82) is 0 Å². The van der Waals surface area contributed by atoms with Crippen LogP contribution < -0.4 is 4.74 Å². The normalized spacial score (nSPS) is 7.77. The van der Waals surface area contributed by atoms with Gasteiger partial charge in [-0.1, -0.05) is 25.1 Å². The van der Waals surface area contributed by atoms with Crippen molar-refractivity contribution in [3.63, 3.8) is 0 Å². The lowest BCUT2D eigenvalue weighted by Gasteiger charge is -1.99. The van der Waals surface area contributed by atoms with E-state index in [0.29, 0.717) is 12.2 Å². The van der Waals surface area contributed by atoms with Gasteiger partial charge in [-0.2, -0.15) is 0 Å². The predicted molar refractivity (Wildman–Crippen MR) is 49.6 cm³/mol. The average Bonchev–Trinajstić information content (AvgIpc) is 2.06. The number of carbonyl (C=O) groups excluding carboxylic acids is 1. The van der Waals surface area contributed by atoms with Gasteiger partial charge in [-0.05, 0) is 12.1 Å². The highest BCUT2D eigenvalue weighted by molar-refractivity contribution is 5.71. The van der Waals surface area contributed by atoms with Crippen LogP contribution in [0, 0.1) is 0 Å². The third-order valence-corrected chi connectivity index (χ3v) is 1.26. The van der Waals surface area contributed by atoms with Crippen molar-refractivity contribution in [1.82, 2.24) is 0 Å². The van der Waals surface area contributed by atoms with E-state index in [0.717, 1.165) is 0 Å². The number of hydrogen-bond acceptors (Lipinski definition) is 2. The number of para-hydroxylation sites is 1. The second-order valence-electron chi connectivity index (χ2n) is 2.14. The molecule has 4 nitrogen and oxygen atoms in total. The quantitative estimate of drug-likeness (QED) is 0.492. The molecule has 0 aliphatic carbocycles. The molecule has 0 bridgehead atoms. The van der Waals surface area contributed by atoms with Gasteiger partial charge in [-0.25, -0.2) is 0 Å². The van der Waals surface area contributed by atoms with E-state index >= 15 is 0 Å². The SMILES string of the molecule is CCC(=O)Oc1ccccc1.O.O. The highest BCUT2D eigenvalue weighted by atomic mass is 16.5. The Balaban J connectivity index is 0. The Hall–Kier alpha value is -1.39. The summed E-state index contributed by atoms with van der Waals surface area (Å²) in [6.45, 7) is 1.77. The third-order valence-electron chi connectivity index (χ3n) is 1.26. The minimum atomic E-state index is -0.198. The van der Waals surface area contributed by atoms with Crippen LogP contribution in [0.15, 0.2) is 30.3 Å². The van der Waals surface area contributed by atoms with E-state index in [2.05, 4.69) is 0 Å². The molecule has 0 aliphatic heterocycles. The minimum absolute atomic E-state index is 0. The summed E-state index contributed by atoms with van der Waals surface area (Å²) in [6, 6.07) is 9.06. The fraction of sp³-hybridized carbons (Fsp3) is 0.222. The Morgan fingerprint density at radius 2 is 1.77 bits per heavy atom. The van der Waals surface area contributed by atoms with Crippen LogP contribution >= 0.6 is 0 Å². The molecule has 4 N–H and O–H groups in total. The maximum absolute atomic E-state index is 10.8. The Morgan fingerprint density at radius 3 is 2.23 bits per heavy atom. The molecule has 0 saturated heterocycles. The zero-order chi connectivity index (χ0) is 8.10. The molecule has 0 heterocycles. The van der Waals surface area contributed by atoms with Gasteiger partial charge in [-0.3, -0.25) is 4.79 Å². The van der Waals surface area contributed by atoms with E-state index < -0.39 is 0 Å². The first kappa shape index (κ1) is 14.2. The zero-order valence-corrected chi connectivity index (χ0v) is 7.41. The standard InChI is InChI=1S/C9H10O2.2H2O/c1-2-9(10)11-8-6-4-3-5-7-8;;/h3-7H,2H2,1H3;2*1H2. The van der Waals surface area contributed by atoms with Crippen molar-refractivity contribution in [3.8, 4) is 5.75 Å². The summed E-state index contributed by atoms with van der Waals surface area (Å²) in [7, 11) is 0. The van der Waals surface area contributed by atoms with E-state index in [4.69, 9.17) is 4.74 Å². The van der Waals surface area contributed by atoms with Crippen LogP contribution in [-0.4, -0.2) is 16.9 Å². The molecular formula is C9H14O4. The Kier molecular flexibility index (Phi) is 7.91. The predicted octanol–water partition coefficient (Wildman–Crippen LogP) is 0.353. The molecule has 1 rings (SSSR count). The molecule has 13 heavy (non-hydrogen) atoms. The molecule has 1 aromatic carbocycles. The van der Waals surface area contributed by atoms with Gasteiger partial charge < -0.3 is 15.7 Å². The van der Waals surface area contributed by atoms with E-state index in [1.54, 1.807) is 19.1 Å². The Labute approximate surface area is 76.8 Å².